The van der Waals surface area contributed by atoms with Crippen molar-refractivity contribution in [2.24, 2.45) is 0 Å². The fraction of sp³-hybridized carbons (Fsp3) is 0.300. The van der Waals surface area contributed by atoms with Crippen molar-refractivity contribution in [1.29, 1.82) is 0 Å². The SMILES string of the molecule is CN1NC=CN1c1ccc([C@@H](O)C(F)(F)F)cn1. The minimum atomic E-state index is -4.69. The van der Waals surface area contributed by atoms with Crippen LogP contribution in [0.15, 0.2) is 30.7 Å². The Hall–Kier alpha value is -1.80. The molecule has 0 radical (unpaired) electrons. The molecule has 0 bridgehead atoms. The molecule has 2 N–H and O–H groups in total. The van der Waals surface area contributed by atoms with E-state index < -0.39 is 12.3 Å². The molecular weight excluding hydrogens is 249 g/mol. The van der Waals surface area contributed by atoms with Crippen LogP contribution in [0, 0.1) is 0 Å². The highest BCUT2D eigenvalue weighted by Gasteiger charge is 2.39. The number of aromatic nitrogens is 1. The number of pyridine rings is 1. The zero-order valence-electron chi connectivity index (χ0n) is 9.39. The fourth-order valence-electron chi connectivity index (χ4n) is 1.49. The second-order valence-corrected chi connectivity index (χ2v) is 3.71. The third kappa shape index (κ3) is 2.39. The van der Waals surface area contributed by atoms with Gasteiger partial charge in [0.15, 0.2) is 6.10 Å². The highest BCUT2D eigenvalue weighted by atomic mass is 19.4. The summed E-state index contributed by atoms with van der Waals surface area (Å²) in [6.07, 6.45) is -2.87. The van der Waals surface area contributed by atoms with Crippen LogP contribution in [0.5, 0.6) is 0 Å². The van der Waals surface area contributed by atoms with Crippen molar-refractivity contribution in [1.82, 2.24) is 15.5 Å². The van der Waals surface area contributed by atoms with E-state index in [1.807, 2.05) is 0 Å². The molecule has 5 nitrogen and oxygen atoms in total. The van der Waals surface area contributed by atoms with Crippen molar-refractivity contribution in [3.8, 4) is 0 Å². The first-order chi connectivity index (χ1) is 8.39. The molecule has 0 saturated carbocycles. The molecule has 1 aliphatic rings. The number of hydrogen-bond acceptors (Lipinski definition) is 5. The lowest BCUT2D eigenvalue weighted by atomic mass is 10.1. The van der Waals surface area contributed by atoms with Gasteiger partial charge in [0, 0.05) is 31.2 Å². The van der Waals surface area contributed by atoms with Gasteiger partial charge in [-0.3, -0.25) is 0 Å². The third-order valence-electron chi connectivity index (χ3n) is 2.43. The lowest BCUT2D eigenvalue weighted by molar-refractivity contribution is -0.206. The normalized spacial score (nSPS) is 17.9. The van der Waals surface area contributed by atoms with Crippen molar-refractivity contribution in [3.05, 3.63) is 36.3 Å². The van der Waals surface area contributed by atoms with Crippen LogP contribution in [-0.4, -0.2) is 28.4 Å². The summed E-state index contributed by atoms with van der Waals surface area (Å²) >= 11 is 0. The standard InChI is InChI=1S/C10H11F3N4O/c1-16-15-4-5-17(16)8-3-2-7(6-14-8)9(18)10(11,12)13/h2-6,9,15,18H,1H3/t9-/m1/s1. The van der Waals surface area contributed by atoms with Gasteiger partial charge in [0.25, 0.3) is 0 Å². The van der Waals surface area contributed by atoms with Crippen molar-refractivity contribution in [2.45, 2.75) is 12.3 Å². The van der Waals surface area contributed by atoms with Crippen LogP contribution >= 0.6 is 0 Å². The van der Waals surface area contributed by atoms with Crippen molar-refractivity contribution < 1.29 is 18.3 Å². The molecule has 1 aromatic heterocycles. The van der Waals surface area contributed by atoms with Crippen LogP contribution in [0.4, 0.5) is 19.0 Å². The van der Waals surface area contributed by atoms with Crippen LogP contribution in [-0.2, 0) is 0 Å². The second-order valence-electron chi connectivity index (χ2n) is 3.71. The maximum Gasteiger partial charge on any atom is 0.418 e. The Morgan fingerprint density at radius 3 is 2.56 bits per heavy atom. The second kappa shape index (κ2) is 4.46. The molecular formula is C10H11F3N4O. The van der Waals surface area contributed by atoms with E-state index in [2.05, 4.69) is 10.4 Å². The zero-order chi connectivity index (χ0) is 13.3. The highest BCUT2D eigenvalue weighted by molar-refractivity contribution is 5.42. The van der Waals surface area contributed by atoms with Crippen molar-refractivity contribution in [2.75, 3.05) is 12.1 Å². The molecule has 0 unspecified atom stereocenters. The van der Waals surface area contributed by atoms with E-state index in [1.54, 1.807) is 29.6 Å². The van der Waals surface area contributed by atoms with Crippen molar-refractivity contribution in [3.63, 3.8) is 0 Å². The summed E-state index contributed by atoms with van der Waals surface area (Å²) in [5.74, 6) is 0.442. The molecule has 0 aromatic carbocycles. The van der Waals surface area contributed by atoms with E-state index in [9.17, 15) is 13.2 Å². The van der Waals surface area contributed by atoms with Gasteiger partial charge in [-0.2, -0.15) is 13.2 Å². The number of nitrogens with one attached hydrogen (secondary N) is 1. The van der Waals surface area contributed by atoms with Crippen LogP contribution < -0.4 is 10.4 Å². The first kappa shape index (κ1) is 12.7. The van der Waals surface area contributed by atoms with Crippen LogP contribution in [0.2, 0.25) is 0 Å². The number of nitrogens with zero attached hydrogens (tertiary/aromatic N) is 3. The monoisotopic (exact) mass is 260 g/mol. The van der Waals surface area contributed by atoms with E-state index in [-0.39, 0.29) is 5.56 Å². The number of anilines is 1. The predicted molar refractivity (Wildman–Crippen MR) is 57.8 cm³/mol. The minimum absolute atomic E-state index is 0.287. The summed E-state index contributed by atoms with van der Waals surface area (Å²) in [6.45, 7) is 0. The smallest absolute Gasteiger partial charge is 0.379 e. The number of aliphatic hydroxyl groups excluding tert-OH is 1. The van der Waals surface area contributed by atoms with E-state index in [4.69, 9.17) is 5.11 Å². The van der Waals surface area contributed by atoms with Crippen molar-refractivity contribution >= 4 is 5.82 Å². The van der Waals surface area contributed by atoms with Gasteiger partial charge in [-0.25, -0.2) is 9.99 Å². The first-order valence-corrected chi connectivity index (χ1v) is 5.06. The average Bonchev–Trinajstić information content (AvgIpc) is 2.73. The molecule has 0 aliphatic carbocycles. The Kier molecular flexibility index (Phi) is 3.14. The summed E-state index contributed by atoms with van der Waals surface area (Å²) in [5.41, 5.74) is 2.55. The minimum Gasteiger partial charge on any atom is -0.379 e. The highest BCUT2D eigenvalue weighted by Crippen LogP contribution is 2.32. The first-order valence-electron chi connectivity index (χ1n) is 5.06. The summed E-state index contributed by atoms with van der Waals surface area (Å²) in [6, 6.07) is 2.60. The summed E-state index contributed by atoms with van der Waals surface area (Å²) in [5, 5.41) is 12.3. The number of aliphatic hydroxyl groups is 1. The molecule has 0 amide bonds. The molecule has 1 aliphatic heterocycles. The topological polar surface area (TPSA) is 51.6 Å². The van der Waals surface area contributed by atoms with Gasteiger partial charge >= 0.3 is 6.18 Å². The van der Waals surface area contributed by atoms with E-state index in [1.165, 1.54) is 12.1 Å². The number of halogens is 3. The largest absolute Gasteiger partial charge is 0.418 e. The molecule has 18 heavy (non-hydrogen) atoms. The lowest BCUT2D eigenvalue weighted by Gasteiger charge is -2.23. The third-order valence-corrected chi connectivity index (χ3v) is 2.43. The number of hydrogen-bond donors (Lipinski definition) is 2. The molecule has 1 aromatic rings. The molecule has 1 atom stereocenters. The Bertz CT molecular complexity index is 445. The average molecular weight is 260 g/mol. The zero-order valence-corrected chi connectivity index (χ0v) is 9.39. The van der Waals surface area contributed by atoms with Gasteiger partial charge in [0.1, 0.15) is 5.82 Å². The van der Waals surface area contributed by atoms with Crippen LogP contribution in [0.1, 0.15) is 11.7 Å². The van der Waals surface area contributed by atoms with Gasteiger partial charge in [-0.15, -0.1) is 5.12 Å². The Labute approximate surface area is 101 Å². The van der Waals surface area contributed by atoms with E-state index in [0.29, 0.717) is 5.82 Å². The van der Waals surface area contributed by atoms with E-state index in [0.717, 1.165) is 6.20 Å². The molecule has 0 saturated heterocycles. The Morgan fingerprint density at radius 2 is 2.11 bits per heavy atom. The van der Waals surface area contributed by atoms with Gasteiger partial charge < -0.3 is 10.5 Å². The predicted octanol–water partition coefficient (Wildman–Crippen LogP) is 1.32. The summed E-state index contributed by atoms with van der Waals surface area (Å²) in [4.78, 5) is 3.88. The molecule has 0 spiro atoms. The van der Waals surface area contributed by atoms with Gasteiger partial charge in [0.05, 0.1) is 0 Å². The molecule has 2 rings (SSSR count). The molecule has 98 valence electrons. The summed E-state index contributed by atoms with van der Waals surface area (Å²) in [7, 11) is 1.72. The fourth-order valence-corrected chi connectivity index (χ4v) is 1.49. The summed E-state index contributed by atoms with van der Waals surface area (Å²) < 4.78 is 36.8. The molecule has 8 heteroatoms. The molecule has 0 fully saturated rings. The van der Waals surface area contributed by atoms with Gasteiger partial charge in [0.2, 0.25) is 0 Å². The van der Waals surface area contributed by atoms with E-state index >= 15 is 0 Å². The Balaban J connectivity index is 2.18. The molecule has 2 heterocycles. The Morgan fingerprint density at radius 1 is 1.39 bits per heavy atom. The lowest BCUT2D eigenvalue weighted by Crippen LogP contribution is -2.38. The quantitative estimate of drug-likeness (QED) is 0.840. The maximum absolute atomic E-state index is 12.3. The number of rotatable bonds is 2. The number of hydrazine groups is 2. The number of alkyl halides is 3. The van der Waals surface area contributed by atoms with Crippen LogP contribution in [0.25, 0.3) is 0 Å². The van der Waals surface area contributed by atoms with Gasteiger partial charge in [-0.1, -0.05) is 6.07 Å². The van der Waals surface area contributed by atoms with Crippen LogP contribution in [0.3, 0.4) is 0 Å². The maximum atomic E-state index is 12.3. The van der Waals surface area contributed by atoms with Gasteiger partial charge in [-0.05, 0) is 6.07 Å².